The van der Waals surface area contributed by atoms with Crippen molar-refractivity contribution in [1.29, 1.82) is 5.26 Å². The molecular weight excluding hydrogens is 342 g/mol. The summed E-state index contributed by atoms with van der Waals surface area (Å²) in [4.78, 5) is 12.2. The SMILES string of the molecule is N#Cc1ccc(Cl)cc1NC(=O)c1cc(N)cc(Br)c1. The van der Waals surface area contributed by atoms with Crippen LogP contribution in [0.4, 0.5) is 11.4 Å². The first-order valence-corrected chi connectivity index (χ1v) is 6.74. The Labute approximate surface area is 129 Å². The summed E-state index contributed by atoms with van der Waals surface area (Å²) in [6.07, 6.45) is 0. The molecule has 2 aromatic rings. The Morgan fingerprint density at radius 3 is 2.70 bits per heavy atom. The van der Waals surface area contributed by atoms with Crippen LogP contribution in [0, 0.1) is 11.3 Å². The average molecular weight is 351 g/mol. The third-order valence-corrected chi connectivity index (χ3v) is 3.23. The molecule has 100 valence electrons. The zero-order chi connectivity index (χ0) is 14.7. The molecule has 6 heteroatoms. The number of halogens is 2. The van der Waals surface area contributed by atoms with Gasteiger partial charge in [-0.1, -0.05) is 27.5 Å². The van der Waals surface area contributed by atoms with Crippen LogP contribution in [-0.4, -0.2) is 5.91 Å². The van der Waals surface area contributed by atoms with Gasteiger partial charge in [0.2, 0.25) is 0 Å². The molecule has 0 aliphatic carbocycles. The molecular formula is C14H9BrClN3O. The summed E-state index contributed by atoms with van der Waals surface area (Å²) in [6.45, 7) is 0. The molecule has 1 amide bonds. The summed E-state index contributed by atoms with van der Waals surface area (Å²) in [5.41, 5.74) is 7.25. The van der Waals surface area contributed by atoms with E-state index in [4.69, 9.17) is 22.6 Å². The van der Waals surface area contributed by atoms with E-state index in [1.165, 1.54) is 6.07 Å². The third kappa shape index (κ3) is 3.29. The van der Waals surface area contributed by atoms with Crippen molar-refractivity contribution >= 4 is 44.8 Å². The van der Waals surface area contributed by atoms with Crippen LogP contribution in [0.2, 0.25) is 5.02 Å². The van der Waals surface area contributed by atoms with Gasteiger partial charge in [-0.05, 0) is 36.4 Å². The van der Waals surface area contributed by atoms with Gasteiger partial charge in [0.1, 0.15) is 6.07 Å². The Kier molecular flexibility index (Phi) is 4.28. The lowest BCUT2D eigenvalue weighted by atomic mass is 10.1. The van der Waals surface area contributed by atoms with Gasteiger partial charge in [-0.15, -0.1) is 0 Å². The first kappa shape index (κ1) is 14.4. The minimum Gasteiger partial charge on any atom is -0.399 e. The van der Waals surface area contributed by atoms with Crippen molar-refractivity contribution in [3.8, 4) is 6.07 Å². The molecule has 0 spiro atoms. The minimum absolute atomic E-state index is 0.339. The van der Waals surface area contributed by atoms with Gasteiger partial charge >= 0.3 is 0 Å². The highest BCUT2D eigenvalue weighted by Crippen LogP contribution is 2.22. The number of carbonyl (C=O) groups is 1. The fraction of sp³-hybridized carbons (Fsp3) is 0. The zero-order valence-corrected chi connectivity index (χ0v) is 12.5. The van der Waals surface area contributed by atoms with Crippen molar-refractivity contribution in [1.82, 2.24) is 0 Å². The Morgan fingerprint density at radius 2 is 2.05 bits per heavy atom. The summed E-state index contributed by atoms with van der Waals surface area (Å²) >= 11 is 9.14. The molecule has 0 fully saturated rings. The second-order valence-electron chi connectivity index (χ2n) is 4.03. The Hall–Kier alpha value is -2.03. The largest absolute Gasteiger partial charge is 0.399 e. The lowest BCUT2D eigenvalue weighted by Gasteiger charge is -2.08. The molecule has 0 saturated carbocycles. The molecule has 0 aromatic heterocycles. The van der Waals surface area contributed by atoms with Crippen LogP contribution >= 0.6 is 27.5 Å². The van der Waals surface area contributed by atoms with Crippen LogP contribution in [0.15, 0.2) is 40.9 Å². The quantitative estimate of drug-likeness (QED) is 0.808. The highest BCUT2D eigenvalue weighted by molar-refractivity contribution is 9.10. The number of hydrogen-bond donors (Lipinski definition) is 2. The third-order valence-electron chi connectivity index (χ3n) is 2.53. The van der Waals surface area contributed by atoms with Gasteiger partial charge in [-0.3, -0.25) is 4.79 Å². The Morgan fingerprint density at radius 1 is 1.30 bits per heavy atom. The molecule has 0 heterocycles. The van der Waals surface area contributed by atoms with Crippen LogP contribution in [0.5, 0.6) is 0 Å². The van der Waals surface area contributed by atoms with E-state index in [1.54, 1.807) is 30.3 Å². The number of benzene rings is 2. The summed E-state index contributed by atoms with van der Waals surface area (Å²) in [6, 6.07) is 11.5. The van der Waals surface area contributed by atoms with Gasteiger partial charge in [0.15, 0.2) is 0 Å². The summed E-state index contributed by atoms with van der Waals surface area (Å²) in [7, 11) is 0. The van der Waals surface area contributed by atoms with Crippen molar-refractivity contribution in [3.05, 3.63) is 57.0 Å². The highest BCUT2D eigenvalue weighted by atomic mass is 79.9. The second kappa shape index (κ2) is 5.95. The van der Waals surface area contributed by atoms with Crippen LogP contribution in [0.1, 0.15) is 15.9 Å². The number of nitrogens with zero attached hydrogens (tertiary/aromatic N) is 1. The van der Waals surface area contributed by atoms with E-state index in [2.05, 4.69) is 21.2 Å². The predicted molar refractivity (Wildman–Crippen MR) is 82.7 cm³/mol. The van der Waals surface area contributed by atoms with E-state index >= 15 is 0 Å². The number of nitriles is 1. The van der Waals surface area contributed by atoms with Gasteiger partial charge in [-0.25, -0.2) is 0 Å². The smallest absolute Gasteiger partial charge is 0.255 e. The molecule has 2 rings (SSSR count). The monoisotopic (exact) mass is 349 g/mol. The molecule has 0 aliphatic heterocycles. The van der Waals surface area contributed by atoms with Gasteiger partial charge in [0, 0.05) is 20.7 Å². The van der Waals surface area contributed by atoms with Gasteiger partial charge in [0.25, 0.3) is 5.91 Å². The number of amides is 1. The molecule has 4 nitrogen and oxygen atoms in total. The topological polar surface area (TPSA) is 78.9 Å². The fourth-order valence-electron chi connectivity index (χ4n) is 1.66. The molecule has 2 aromatic carbocycles. The standard InChI is InChI=1S/C14H9BrClN3O/c15-10-3-9(4-12(18)5-10)14(20)19-13-6-11(16)2-1-8(13)7-17/h1-6H,18H2,(H,19,20). The van der Waals surface area contributed by atoms with E-state index in [-0.39, 0.29) is 5.91 Å². The summed E-state index contributed by atoms with van der Waals surface area (Å²) in [5, 5.41) is 12.1. The number of anilines is 2. The molecule has 0 unspecified atom stereocenters. The van der Waals surface area contributed by atoms with Crippen LogP contribution in [0.3, 0.4) is 0 Å². The number of nitrogens with two attached hydrogens (primary N) is 1. The van der Waals surface area contributed by atoms with Crippen molar-refractivity contribution < 1.29 is 4.79 Å². The minimum atomic E-state index is -0.364. The van der Waals surface area contributed by atoms with Gasteiger partial charge in [0.05, 0.1) is 11.3 Å². The average Bonchev–Trinajstić information content (AvgIpc) is 2.37. The van der Waals surface area contributed by atoms with Crippen LogP contribution < -0.4 is 11.1 Å². The maximum absolute atomic E-state index is 12.2. The molecule has 3 N–H and O–H groups in total. The first-order chi connectivity index (χ1) is 9.49. The number of nitrogen functional groups attached to an aromatic ring is 1. The van der Waals surface area contributed by atoms with Crippen molar-refractivity contribution in [2.75, 3.05) is 11.1 Å². The molecule has 0 aliphatic rings. The van der Waals surface area contributed by atoms with E-state index in [9.17, 15) is 4.79 Å². The maximum Gasteiger partial charge on any atom is 0.255 e. The zero-order valence-electron chi connectivity index (χ0n) is 10.2. The van der Waals surface area contributed by atoms with Gasteiger partial charge in [-0.2, -0.15) is 5.26 Å². The molecule has 0 atom stereocenters. The highest BCUT2D eigenvalue weighted by Gasteiger charge is 2.11. The number of hydrogen-bond acceptors (Lipinski definition) is 3. The van der Waals surface area contributed by atoms with E-state index < -0.39 is 0 Å². The lowest BCUT2D eigenvalue weighted by molar-refractivity contribution is 0.102. The summed E-state index contributed by atoms with van der Waals surface area (Å²) < 4.78 is 0.703. The number of rotatable bonds is 2. The fourth-order valence-corrected chi connectivity index (χ4v) is 2.34. The first-order valence-electron chi connectivity index (χ1n) is 5.56. The molecule has 0 saturated heterocycles. The van der Waals surface area contributed by atoms with E-state index in [0.717, 1.165) is 0 Å². The number of nitrogens with one attached hydrogen (secondary N) is 1. The summed E-state index contributed by atoms with van der Waals surface area (Å²) in [5.74, 6) is -0.364. The molecule has 0 radical (unpaired) electrons. The molecule has 0 bridgehead atoms. The predicted octanol–water partition coefficient (Wildman–Crippen LogP) is 3.81. The molecule has 20 heavy (non-hydrogen) atoms. The van der Waals surface area contributed by atoms with Crippen molar-refractivity contribution in [3.63, 3.8) is 0 Å². The van der Waals surface area contributed by atoms with Gasteiger partial charge < -0.3 is 11.1 Å². The number of carbonyl (C=O) groups excluding carboxylic acids is 1. The normalized spacial score (nSPS) is 9.85. The van der Waals surface area contributed by atoms with Crippen molar-refractivity contribution in [2.24, 2.45) is 0 Å². The van der Waals surface area contributed by atoms with E-state index in [0.29, 0.717) is 32.0 Å². The Balaban J connectivity index is 2.32. The van der Waals surface area contributed by atoms with Crippen LogP contribution in [0.25, 0.3) is 0 Å². The second-order valence-corrected chi connectivity index (χ2v) is 5.38. The van der Waals surface area contributed by atoms with E-state index in [1.807, 2.05) is 6.07 Å². The van der Waals surface area contributed by atoms with Crippen LogP contribution in [-0.2, 0) is 0 Å². The maximum atomic E-state index is 12.2. The lowest BCUT2D eigenvalue weighted by Crippen LogP contribution is -2.13. The van der Waals surface area contributed by atoms with Crippen molar-refractivity contribution in [2.45, 2.75) is 0 Å². The Bertz CT molecular complexity index is 705.